The maximum absolute atomic E-state index is 12.2. The molecule has 2 heterocycles. The second kappa shape index (κ2) is 6.84. The zero-order valence-electron chi connectivity index (χ0n) is 14.4. The normalized spacial score (nSPS) is 10.8. The summed E-state index contributed by atoms with van der Waals surface area (Å²) >= 11 is 0. The Morgan fingerprint density at radius 1 is 1.08 bits per heavy atom. The van der Waals surface area contributed by atoms with Crippen molar-refractivity contribution >= 4 is 22.8 Å². The third-order valence-electron chi connectivity index (χ3n) is 3.97. The molecule has 0 bridgehead atoms. The Balaban J connectivity index is 1.61. The number of fused-ring (bicyclic) bond motifs is 1. The molecule has 0 saturated carbocycles. The van der Waals surface area contributed by atoms with Gasteiger partial charge in [-0.15, -0.1) is 0 Å². The van der Waals surface area contributed by atoms with Crippen LogP contribution in [0.1, 0.15) is 27.6 Å². The van der Waals surface area contributed by atoms with Gasteiger partial charge in [0.25, 0.3) is 5.91 Å². The minimum atomic E-state index is -0.649. The van der Waals surface area contributed by atoms with E-state index in [0.29, 0.717) is 23.5 Å². The van der Waals surface area contributed by atoms with Crippen molar-refractivity contribution in [3.63, 3.8) is 0 Å². The minimum absolute atomic E-state index is 0.123. The third-order valence-corrected chi connectivity index (χ3v) is 3.97. The van der Waals surface area contributed by atoms with Crippen molar-refractivity contribution in [2.45, 2.75) is 20.4 Å². The molecule has 25 heavy (non-hydrogen) atoms. The number of hydrogen-bond acceptors (Lipinski definition) is 5. The fourth-order valence-corrected chi connectivity index (χ4v) is 2.56. The quantitative estimate of drug-likeness (QED) is 0.665. The Kier molecular flexibility index (Phi) is 4.61. The Bertz CT molecular complexity index is 921. The number of amides is 1. The zero-order valence-corrected chi connectivity index (χ0v) is 14.4. The van der Waals surface area contributed by atoms with Crippen molar-refractivity contribution in [1.82, 2.24) is 4.90 Å². The highest BCUT2D eigenvalue weighted by atomic mass is 16.5. The van der Waals surface area contributed by atoms with Gasteiger partial charge in [0, 0.05) is 18.0 Å². The van der Waals surface area contributed by atoms with Crippen molar-refractivity contribution < 1.29 is 23.2 Å². The van der Waals surface area contributed by atoms with Gasteiger partial charge >= 0.3 is 5.97 Å². The number of aryl methyl sites for hydroxylation is 2. The van der Waals surface area contributed by atoms with Crippen LogP contribution in [0.3, 0.4) is 0 Å². The van der Waals surface area contributed by atoms with Gasteiger partial charge in [-0.1, -0.05) is 18.2 Å². The van der Waals surface area contributed by atoms with E-state index in [1.54, 1.807) is 20.0 Å². The monoisotopic (exact) mass is 341 g/mol. The number of benzene rings is 1. The molecule has 0 atom stereocenters. The van der Waals surface area contributed by atoms with E-state index in [4.69, 9.17) is 13.6 Å². The third kappa shape index (κ3) is 3.57. The minimum Gasteiger partial charge on any atom is -0.464 e. The number of furan rings is 2. The Morgan fingerprint density at radius 2 is 1.84 bits per heavy atom. The van der Waals surface area contributed by atoms with Crippen LogP contribution in [0.4, 0.5) is 0 Å². The molecule has 0 aliphatic rings. The number of rotatable bonds is 5. The van der Waals surface area contributed by atoms with Crippen LogP contribution in [-0.4, -0.2) is 30.4 Å². The Morgan fingerprint density at radius 3 is 2.52 bits per heavy atom. The van der Waals surface area contributed by atoms with Crippen LogP contribution in [0, 0.1) is 13.8 Å². The lowest BCUT2D eigenvalue weighted by molar-refractivity contribution is -0.134. The lowest BCUT2D eigenvalue weighted by Crippen LogP contribution is -2.30. The maximum Gasteiger partial charge on any atom is 0.375 e. The van der Waals surface area contributed by atoms with Gasteiger partial charge in [-0.2, -0.15) is 0 Å². The lowest BCUT2D eigenvalue weighted by Gasteiger charge is -2.15. The summed E-state index contributed by atoms with van der Waals surface area (Å²) in [5, 5.41) is 0.853. The topological polar surface area (TPSA) is 72.9 Å². The van der Waals surface area contributed by atoms with Gasteiger partial charge in [-0.3, -0.25) is 4.79 Å². The van der Waals surface area contributed by atoms with Crippen molar-refractivity contribution in [2.75, 3.05) is 13.7 Å². The Hall–Kier alpha value is -3.02. The summed E-state index contributed by atoms with van der Waals surface area (Å²) in [6.07, 6.45) is 0. The average Bonchev–Trinajstić information content (AvgIpc) is 3.16. The van der Waals surface area contributed by atoms with Gasteiger partial charge in [0.1, 0.15) is 17.1 Å². The standard InChI is InChI=1S/C19H19NO5/c1-12-8-9-14(24-12)10-20(3)17(21)11-23-19(22)18-13(2)15-6-4-5-7-16(15)25-18/h4-9H,10-11H2,1-3H3. The molecule has 0 radical (unpaired) electrons. The molecule has 1 aromatic carbocycles. The van der Waals surface area contributed by atoms with Crippen LogP contribution >= 0.6 is 0 Å². The molecule has 0 spiro atoms. The number of hydrogen-bond donors (Lipinski definition) is 0. The lowest BCUT2D eigenvalue weighted by atomic mass is 10.1. The van der Waals surface area contributed by atoms with E-state index in [2.05, 4.69) is 0 Å². The molecule has 0 saturated heterocycles. The summed E-state index contributed by atoms with van der Waals surface area (Å²) in [4.78, 5) is 25.8. The first-order valence-electron chi connectivity index (χ1n) is 7.90. The number of para-hydroxylation sites is 1. The summed E-state index contributed by atoms with van der Waals surface area (Å²) in [7, 11) is 1.63. The van der Waals surface area contributed by atoms with Crippen molar-refractivity contribution in [3.05, 3.63) is 59.2 Å². The summed E-state index contributed by atoms with van der Waals surface area (Å²) in [6, 6.07) is 11.0. The molecule has 0 unspecified atom stereocenters. The molecule has 1 amide bonds. The van der Waals surface area contributed by atoms with E-state index in [-0.39, 0.29) is 18.3 Å². The van der Waals surface area contributed by atoms with Gasteiger partial charge in [-0.05, 0) is 32.0 Å². The number of nitrogens with zero attached hydrogens (tertiary/aromatic N) is 1. The molecule has 130 valence electrons. The number of carbonyl (C=O) groups excluding carboxylic acids is 2. The molecule has 0 aliphatic heterocycles. The highest BCUT2D eigenvalue weighted by molar-refractivity contribution is 5.96. The molecule has 6 nitrogen and oxygen atoms in total. The van der Waals surface area contributed by atoms with Crippen molar-refractivity contribution in [2.24, 2.45) is 0 Å². The molecule has 3 rings (SSSR count). The van der Waals surface area contributed by atoms with Crippen LogP contribution in [-0.2, 0) is 16.1 Å². The molecule has 6 heteroatoms. The highest BCUT2D eigenvalue weighted by Crippen LogP contribution is 2.25. The van der Waals surface area contributed by atoms with Crippen LogP contribution in [0.5, 0.6) is 0 Å². The van der Waals surface area contributed by atoms with Crippen LogP contribution in [0.15, 0.2) is 45.2 Å². The van der Waals surface area contributed by atoms with E-state index in [1.807, 2.05) is 37.3 Å². The van der Waals surface area contributed by atoms with E-state index >= 15 is 0 Å². The fraction of sp³-hybridized carbons (Fsp3) is 0.263. The first kappa shape index (κ1) is 16.8. The van der Waals surface area contributed by atoms with Crippen LogP contribution < -0.4 is 0 Å². The van der Waals surface area contributed by atoms with Gasteiger partial charge in [0.2, 0.25) is 5.76 Å². The molecular formula is C19H19NO5. The van der Waals surface area contributed by atoms with Gasteiger partial charge in [0.05, 0.1) is 6.54 Å². The number of likely N-dealkylation sites (N-methyl/N-ethyl adjacent to an activating group) is 1. The SMILES string of the molecule is Cc1ccc(CN(C)C(=O)COC(=O)c2oc3ccccc3c2C)o1. The van der Waals surface area contributed by atoms with E-state index < -0.39 is 5.97 Å². The fourth-order valence-electron chi connectivity index (χ4n) is 2.56. The largest absolute Gasteiger partial charge is 0.464 e. The molecule has 0 aliphatic carbocycles. The van der Waals surface area contributed by atoms with Crippen molar-refractivity contribution in [1.29, 1.82) is 0 Å². The molecule has 0 N–H and O–H groups in total. The Labute approximate surface area is 145 Å². The number of esters is 1. The predicted octanol–water partition coefficient (Wildman–Crippen LogP) is 3.46. The maximum atomic E-state index is 12.2. The van der Waals surface area contributed by atoms with Gasteiger partial charge in [0.15, 0.2) is 6.61 Å². The molecule has 2 aromatic heterocycles. The summed E-state index contributed by atoms with van der Waals surface area (Å²) < 4.78 is 16.1. The van der Waals surface area contributed by atoms with Crippen LogP contribution in [0.2, 0.25) is 0 Å². The summed E-state index contributed by atoms with van der Waals surface area (Å²) in [5.74, 6) is 0.606. The number of carbonyl (C=O) groups is 2. The first-order valence-corrected chi connectivity index (χ1v) is 7.90. The summed E-state index contributed by atoms with van der Waals surface area (Å²) in [5.41, 5.74) is 1.32. The van der Waals surface area contributed by atoms with E-state index in [1.165, 1.54) is 4.90 Å². The van der Waals surface area contributed by atoms with E-state index in [9.17, 15) is 9.59 Å². The second-order valence-electron chi connectivity index (χ2n) is 5.89. The average molecular weight is 341 g/mol. The second-order valence-corrected chi connectivity index (χ2v) is 5.89. The summed E-state index contributed by atoms with van der Waals surface area (Å²) in [6.45, 7) is 3.58. The molecule has 0 fully saturated rings. The molecule has 3 aromatic rings. The van der Waals surface area contributed by atoms with Gasteiger partial charge < -0.3 is 18.5 Å². The predicted molar refractivity (Wildman–Crippen MR) is 91.2 cm³/mol. The molecular weight excluding hydrogens is 322 g/mol. The van der Waals surface area contributed by atoms with Crippen molar-refractivity contribution in [3.8, 4) is 0 Å². The number of ether oxygens (including phenoxy) is 1. The highest BCUT2D eigenvalue weighted by Gasteiger charge is 2.21. The van der Waals surface area contributed by atoms with E-state index in [0.717, 1.165) is 11.1 Å². The zero-order chi connectivity index (χ0) is 18.0. The smallest absolute Gasteiger partial charge is 0.375 e. The first-order chi connectivity index (χ1) is 12.0. The van der Waals surface area contributed by atoms with Crippen LogP contribution in [0.25, 0.3) is 11.0 Å². The van der Waals surface area contributed by atoms with Gasteiger partial charge in [-0.25, -0.2) is 4.79 Å².